The Morgan fingerprint density at radius 3 is 2.42 bits per heavy atom. The van der Waals surface area contributed by atoms with E-state index in [9.17, 15) is 4.79 Å². The van der Waals surface area contributed by atoms with Gasteiger partial charge >= 0.3 is 0 Å². The third-order valence-electron chi connectivity index (χ3n) is 2.98. The van der Waals surface area contributed by atoms with E-state index in [1.807, 2.05) is 38.1 Å². The summed E-state index contributed by atoms with van der Waals surface area (Å²) in [6.45, 7) is 8.99. The second-order valence-corrected chi connectivity index (χ2v) is 5.30. The first-order valence-corrected chi connectivity index (χ1v) is 7.04. The molecule has 0 heterocycles. The third-order valence-corrected chi connectivity index (χ3v) is 2.98. The molecule has 106 valence electrons. The SMILES string of the molecule is CC[C@@H](Oc1ccc(C)cc1)C(=O)NCCC(C)C. The molecule has 3 nitrogen and oxygen atoms in total. The molecule has 0 aliphatic heterocycles. The van der Waals surface area contributed by atoms with Gasteiger partial charge in [-0.05, 0) is 37.8 Å². The molecule has 0 saturated heterocycles. The summed E-state index contributed by atoms with van der Waals surface area (Å²) in [5, 5.41) is 2.93. The van der Waals surface area contributed by atoms with Crippen LogP contribution in [-0.2, 0) is 4.79 Å². The minimum Gasteiger partial charge on any atom is -0.481 e. The summed E-state index contributed by atoms with van der Waals surface area (Å²) in [6.07, 6.45) is 1.25. The van der Waals surface area contributed by atoms with Crippen LogP contribution in [0.5, 0.6) is 5.75 Å². The van der Waals surface area contributed by atoms with Gasteiger partial charge in [-0.15, -0.1) is 0 Å². The van der Waals surface area contributed by atoms with Crippen LogP contribution in [0.3, 0.4) is 0 Å². The van der Waals surface area contributed by atoms with E-state index in [4.69, 9.17) is 4.74 Å². The Morgan fingerprint density at radius 2 is 1.89 bits per heavy atom. The fraction of sp³-hybridized carbons (Fsp3) is 0.562. The van der Waals surface area contributed by atoms with E-state index in [2.05, 4.69) is 19.2 Å². The molecule has 0 fully saturated rings. The van der Waals surface area contributed by atoms with Crippen LogP contribution in [-0.4, -0.2) is 18.6 Å². The minimum atomic E-state index is -0.408. The Bertz CT molecular complexity index is 384. The molecule has 0 aliphatic carbocycles. The first-order chi connectivity index (χ1) is 9.02. The fourth-order valence-electron chi connectivity index (χ4n) is 1.70. The second kappa shape index (κ2) is 7.82. The van der Waals surface area contributed by atoms with Gasteiger partial charge in [0.25, 0.3) is 5.91 Å². The lowest BCUT2D eigenvalue weighted by Crippen LogP contribution is -2.38. The summed E-state index contributed by atoms with van der Waals surface area (Å²) in [7, 11) is 0. The fourth-order valence-corrected chi connectivity index (χ4v) is 1.70. The van der Waals surface area contributed by atoms with Crippen LogP contribution in [0.4, 0.5) is 0 Å². The van der Waals surface area contributed by atoms with E-state index < -0.39 is 6.10 Å². The van der Waals surface area contributed by atoms with Crippen molar-refractivity contribution in [2.24, 2.45) is 5.92 Å². The van der Waals surface area contributed by atoms with Crippen LogP contribution >= 0.6 is 0 Å². The van der Waals surface area contributed by atoms with Crippen LogP contribution in [0.25, 0.3) is 0 Å². The number of nitrogens with one attached hydrogen (secondary N) is 1. The number of amides is 1. The van der Waals surface area contributed by atoms with Crippen molar-refractivity contribution in [3.05, 3.63) is 29.8 Å². The summed E-state index contributed by atoms with van der Waals surface area (Å²) >= 11 is 0. The van der Waals surface area contributed by atoms with Gasteiger partial charge in [0.05, 0.1) is 0 Å². The number of carbonyl (C=O) groups excluding carboxylic acids is 1. The van der Waals surface area contributed by atoms with Crippen LogP contribution in [0, 0.1) is 12.8 Å². The van der Waals surface area contributed by atoms with Crippen molar-refractivity contribution in [3.63, 3.8) is 0 Å². The highest BCUT2D eigenvalue weighted by Gasteiger charge is 2.17. The van der Waals surface area contributed by atoms with Crippen molar-refractivity contribution < 1.29 is 9.53 Å². The van der Waals surface area contributed by atoms with E-state index in [0.29, 0.717) is 18.9 Å². The molecule has 0 saturated carbocycles. The average Bonchev–Trinajstić information content (AvgIpc) is 2.37. The molecule has 1 amide bonds. The number of hydrogen-bond acceptors (Lipinski definition) is 2. The maximum Gasteiger partial charge on any atom is 0.261 e. The van der Waals surface area contributed by atoms with Crippen molar-refractivity contribution in [2.45, 2.75) is 46.6 Å². The summed E-state index contributed by atoms with van der Waals surface area (Å²) in [5.41, 5.74) is 1.18. The first kappa shape index (κ1) is 15.5. The van der Waals surface area contributed by atoms with Gasteiger partial charge < -0.3 is 10.1 Å². The van der Waals surface area contributed by atoms with Crippen LogP contribution < -0.4 is 10.1 Å². The molecule has 0 unspecified atom stereocenters. The normalized spacial score (nSPS) is 12.3. The molecule has 3 heteroatoms. The molecule has 0 spiro atoms. The van der Waals surface area contributed by atoms with Crippen molar-refractivity contribution >= 4 is 5.91 Å². The predicted molar refractivity (Wildman–Crippen MR) is 78.4 cm³/mol. The zero-order chi connectivity index (χ0) is 14.3. The highest BCUT2D eigenvalue weighted by atomic mass is 16.5. The third kappa shape index (κ3) is 5.77. The van der Waals surface area contributed by atoms with Gasteiger partial charge in [0.2, 0.25) is 0 Å². The number of ether oxygens (including phenoxy) is 1. The van der Waals surface area contributed by atoms with E-state index in [0.717, 1.165) is 12.2 Å². The lowest BCUT2D eigenvalue weighted by Gasteiger charge is -2.17. The zero-order valence-electron chi connectivity index (χ0n) is 12.4. The van der Waals surface area contributed by atoms with E-state index >= 15 is 0 Å². The zero-order valence-corrected chi connectivity index (χ0v) is 12.4. The molecule has 1 aromatic carbocycles. The Hall–Kier alpha value is -1.51. The molecule has 0 radical (unpaired) electrons. The van der Waals surface area contributed by atoms with Gasteiger partial charge in [0, 0.05) is 6.54 Å². The maximum atomic E-state index is 12.0. The predicted octanol–water partition coefficient (Wildman–Crippen LogP) is 3.31. The summed E-state index contributed by atoms with van der Waals surface area (Å²) in [5.74, 6) is 1.32. The number of benzene rings is 1. The van der Waals surface area contributed by atoms with Crippen LogP contribution in [0.15, 0.2) is 24.3 Å². The summed E-state index contributed by atoms with van der Waals surface area (Å²) in [6, 6.07) is 7.77. The highest BCUT2D eigenvalue weighted by Crippen LogP contribution is 2.14. The largest absolute Gasteiger partial charge is 0.481 e. The molecule has 1 rings (SSSR count). The number of hydrogen-bond donors (Lipinski definition) is 1. The number of carbonyl (C=O) groups is 1. The van der Waals surface area contributed by atoms with Crippen molar-refractivity contribution in [2.75, 3.05) is 6.54 Å². The Labute approximate surface area is 116 Å². The quantitative estimate of drug-likeness (QED) is 0.819. The Balaban J connectivity index is 2.48. The first-order valence-electron chi connectivity index (χ1n) is 7.04. The van der Waals surface area contributed by atoms with Crippen molar-refractivity contribution in [1.29, 1.82) is 0 Å². The molecule has 0 aromatic heterocycles. The molecule has 1 atom stereocenters. The average molecular weight is 263 g/mol. The molecule has 0 bridgehead atoms. The monoisotopic (exact) mass is 263 g/mol. The lowest BCUT2D eigenvalue weighted by atomic mass is 10.1. The maximum absolute atomic E-state index is 12.0. The smallest absolute Gasteiger partial charge is 0.261 e. The standard InChI is InChI=1S/C16H25NO2/c1-5-15(16(18)17-11-10-12(2)3)19-14-8-6-13(4)7-9-14/h6-9,12,15H,5,10-11H2,1-4H3,(H,17,18)/t15-/m1/s1. The lowest BCUT2D eigenvalue weighted by molar-refractivity contribution is -0.128. The minimum absolute atomic E-state index is 0.0243. The number of rotatable bonds is 7. The van der Waals surface area contributed by atoms with Gasteiger partial charge in [0.1, 0.15) is 5.75 Å². The number of aryl methyl sites for hydroxylation is 1. The van der Waals surface area contributed by atoms with E-state index in [1.165, 1.54) is 5.56 Å². The second-order valence-electron chi connectivity index (χ2n) is 5.30. The molecule has 19 heavy (non-hydrogen) atoms. The van der Waals surface area contributed by atoms with Crippen molar-refractivity contribution in [3.8, 4) is 5.75 Å². The summed E-state index contributed by atoms with van der Waals surface area (Å²) < 4.78 is 5.73. The van der Waals surface area contributed by atoms with Crippen molar-refractivity contribution in [1.82, 2.24) is 5.32 Å². The van der Waals surface area contributed by atoms with Gasteiger partial charge in [-0.2, -0.15) is 0 Å². The Kier molecular flexibility index (Phi) is 6.40. The highest BCUT2D eigenvalue weighted by molar-refractivity contribution is 5.81. The van der Waals surface area contributed by atoms with Crippen LogP contribution in [0.2, 0.25) is 0 Å². The Morgan fingerprint density at radius 1 is 1.26 bits per heavy atom. The van der Waals surface area contributed by atoms with Gasteiger partial charge in [-0.1, -0.05) is 38.5 Å². The van der Waals surface area contributed by atoms with Gasteiger partial charge in [-0.3, -0.25) is 4.79 Å². The molecular weight excluding hydrogens is 238 g/mol. The molecule has 1 N–H and O–H groups in total. The molecular formula is C16H25NO2. The van der Waals surface area contributed by atoms with Gasteiger partial charge in [-0.25, -0.2) is 0 Å². The molecule has 0 aliphatic rings. The summed E-state index contributed by atoms with van der Waals surface area (Å²) in [4.78, 5) is 12.0. The topological polar surface area (TPSA) is 38.3 Å². The van der Waals surface area contributed by atoms with E-state index in [1.54, 1.807) is 0 Å². The van der Waals surface area contributed by atoms with E-state index in [-0.39, 0.29) is 5.91 Å². The van der Waals surface area contributed by atoms with Gasteiger partial charge in [0.15, 0.2) is 6.10 Å². The van der Waals surface area contributed by atoms with Crippen LogP contribution in [0.1, 0.15) is 39.2 Å². The molecule has 1 aromatic rings.